The Bertz CT molecular complexity index is 398. The van der Waals surface area contributed by atoms with Gasteiger partial charge in [0.15, 0.2) is 0 Å². The van der Waals surface area contributed by atoms with Crippen molar-refractivity contribution < 1.29 is 13.9 Å². The summed E-state index contributed by atoms with van der Waals surface area (Å²) < 4.78 is 24.3. The molecule has 0 saturated carbocycles. The third kappa shape index (κ3) is 4.01. The molecule has 1 aromatic heterocycles. The Morgan fingerprint density at radius 3 is 3.11 bits per heavy atom. The van der Waals surface area contributed by atoms with Crippen LogP contribution in [-0.2, 0) is 16.1 Å². The van der Waals surface area contributed by atoms with Gasteiger partial charge in [-0.15, -0.1) is 0 Å². The lowest BCUT2D eigenvalue weighted by Crippen LogP contribution is -2.51. The highest BCUT2D eigenvalue weighted by molar-refractivity contribution is 5.08. The summed E-state index contributed by atoms with van der Waals surface area (Å²) in [5.41, 5.74) is 0.574. The Morgan fingerprint density at radius 2 is 2.39 bits per heavy atom. The van der Waals surface area contributed by atoms with Gasteiger partial charge in [-0.2, -0.15) is 0 Å². The molecule has 1 fully saturated rings. The second-order valence-corrected chi connectivity index (χ2v) is 5.16. The number of morpholine rings is 1. The Kier molecular flexibility index (Phi) is 4.27. The van der Waals surface area contributed by atoms with E-state index in [1.165, 1.54) is 12.3 Å². The smallest absolute Gasteiger partial charge is 0.141 e. The highest BCUT2D eigenvalue weighted by Gasteiger charge is 2.28. The lowest BCUT2D eigenvalue weighted by atomic mass is 10.1. The maximum absolute atomic E-state index is 12.9. The van der Waals surface area contributed by atoms with Crippen LogP contribution in [0.5, 0.6) is 0 Å². The fraction of sp³-hybridized carbons (Fsp3) is 0.615. The minimum atomic E-state index is -0.340. The van der Waals surface area contributed by atoms with E-state index in [0.717, 1.165) is 18.7 Å². The average molecular weight is 254 g/mol. The van der Waals surface area contributed by atoms with Crippen LogP contribution in [0, 0.1) is 5.82 Å². The van der Waals surface area contributed by atoms with E-state index in [1.54, 1.807) is 6.20 Å². The number of pyridine rings is 1. The second kappa shape index (κ2) is 5.73. The lowest BCUT2D eigenvalue weighted by Gasteiger charge is -2.36. The molecule has 5 heteroatoms. The molecule has 0 aliphatic carbocycles. The molecule has 100 valence electrons. The van der Waals surface area contributed by atoms with Crippen molar-refractivity contribution in [2.45, 2.75) is 32.2 Å². The van der Waals surface area contributed by atoms with Gasteiger partial charge >= 0.3 is 0 Å². The van der Waals surface area contributed by atoms with Gasteiger partial charge in [0, 0.05) is 19.3 Å². The highest BCUT2D eigenvalue weighted by atomic mass is 19.1. The summed E-state index contributed by atoms with van der Waals surface area (Å²) >= 11 is 0. The van der Waals surface area contributed by atoms with Crippen LogP contribution in [0.1, 0.15) is 19.4 Å². The molecule has 2 heterocycles. The van der Waals surface area contributed by atoms with Crippen LogP contribution in [-0.4, -0.2) is 36.4 Å². The van der Waals surface area contributed by atoms with Crippen LogP contribution in [0.4, 0.5) is 4.39 Å². The van der Waals surface area contributed by atoms with E-state index < -0.39 is 0 Å². The molecule has 2 rings (SSSR count). The molecule has 0 aromatic carbocycles. The van der Waals surface area contributed by atoms with Gasteiger partial charge in [-0.1, -0.05) is 0 Å². The summed E-state index contributed by atoms with van der Waals surface area (Å²) in [7, 11) is 0. The van der Waals surface area contributed by atoms with E-state index in [4.69, 9.17) is 9.47 Å². The fourth-order valence-electron chi connectivity index (χ4n) is 2.00. The largest absolute Gasteiger partial charge is 0.374 e. The molecule has 4 nitrogen and oxygen atoms in total. The molecule has 0 amide bonds. The third-order valence-corrected chi connectivity index (χ3v) is 2.74. The van der Waals surface area contributed by atoms with E-state index in [0.29, 0.717) is 13.2 Å². The van der Waals surface area contributed by atoms with E-state index in [9.17, 15) is 4.39 Å². The Hall–Kier alpha value is -1.04. The van der Waals surface area contributed by atoms with Crippen LogP contribution >= 0.6 is 0 Å². The number of nitrogens with zero attached hydrogens (tertiary/aromatic N) is 1. The molecule has 1 aliphatic heterocycles. The predicted octanol–water partition coefficient (Wildman–Crippen LogP) is 1.50. The first-order valence-corrected chi connectivity index (χ1v) is 6.11. The van der Waals surface area contributed by atoms with Crippen molar-refractivity contribution in [2.24, 2.45) is 0 Å². The molecule has 0 spiro atoms. The first-order chi connectivity index (χ1) is 8.55. The molecular formula is C13H19FN2O2. The number of hydrogen-bond donors (Lipinski definition) is 1. The van der Waals surface area contributed by atoms with Crippen LogP contribution in [0.15, 0.2) is 18.5 Å². The standard InChI is InChI=1S/C13H19FN2O2/c1-13(2)9-16-6-12(18-13)8-17-7-10-3-11(14)5-15-4-10/h3-5,12,16H,6-9H2,1-2H3. The normalized spacial score (nSPS) is 22.9. The number of aromatic nitrogens is 1. The molecule has 1 saturated heterocycles. The van der Waals surface area contributed by atoms with Crippen LogP contribution in [0.2, 0.25) is 0 Å². The first-order valence-electron chi connectivity index (χ1n) is 6.11. The summed E-state index contributed by atoms with van der Waals surface area (Å²) in [4.78, 5) is 3.77. The monoisotopic (exact) mass is 254 g/mol. The van der Waals surface area contributed by atoms with Crippen molar-refractivity contribution in [1.82, 2.24) is 10.3 Å². The zero-order chi connectivity index (χ0) is 13.0. The third-order valence-electron chi connectivity index (χ3n) is 2.74. The van der Waals surface area contributed by atoms with Gasteiger partial charge in [0.05, 0.1) is 31.1 Å². The van der Waals surface area contributed by atoms with Gasteiger partial charge in [-0.3, -0.25) is 4.98 Å². The van der Waals surface area contributed by atoms with Crippen molar-refractivity contribution in [2.75, 3.05) is 19.7 Å². The van der Waals surface area contributed by atoms with Crippen LogP contribution < -0.4 is 5.32 Å². The quantitative estimate of drug-likeness (QED) is 0.884. The zero-order valence-electron chi connectivity index (χ0n) is 10.8. The molecule has 1 unspecified atom stereocenters. The number of hydrogen-bond acceptors (Lipinski definition) is 4. The van der Waals surface area contributed by atoms with E-state index >= 15 is 0 Å². The van der Waals surface area contributed by atoms with E-state index in [-0.39, 0.29) is 17.5 Å². The van der Waals surface area contributed by atoms with Gasteiger partial charge in [0.1, 0.15) is 5.82 Å². The van der Waals surface area contributed by atoms with Crippen molar-refractivity contribution in [1.29, 1.82) is 0 Å². The predicted molar refractivity (Wildman–Crippen MR) is 65.7 cm³/mol. The van der Waals surface area contributed by atoms with Gasteiger partial charge in [-0.25, -0.2) is 4.39 Å². The molecule has 1 aliphatic rings. The van der Waals surface area contributed by atoms with E-state index in [2.05, 4.69) is 10.3 Å². The van der Waals surface area contributed by atoms with Crippen molar-refractivity contribution in [3.05, 3.63) is 29.8 Å². The zero-order valence-corrected chi connectivity index (χ0v) is 10.8. The van der Waals surface area contributed by atoms with Crippen molar-refractivity contribution in [3.63, 3.8) is 0 Å². The fourth-order valence-corrected chi connectivity index (χ4v) is 2.00. The molecule has 0 radical (unpaired) electrons. The summed E-state index contributed by atoms with van der Waals surface area (Å²) in [6.45, 7) is 6.56. The Morgan fingerprint density at radius 1 is 1.56 bits per heavy atom. The van der Waals surface area contributed by atoms with Crippen molar-refractivity contribution >= 4 is 0 Å². The summed E-state index contributed by atoms with van der Waals surface area (Å²) in [6.07, 6.45) is 2.82. The van der Waals surface area contributed by atoms with Crippen LogP contribution in [0.3, 0.4) is 0 Å². The van der Waals surface area contributed by atoms with Gasteiger partial charge in [0.2, 0.25) is 0 Å². The molecule has 0 bridgehead atoms. The number of halogens is 1. The number of ether oxygens (including phenoxy) is 2. The second-order valence-electron chi connectivity index (χ2n) is 5.16. The summed E-state index contributed by atoms with van der Waals surface area (Å²) in [5.74, 6) is -0.340. The molecule has 1 atom stereocenters. The van der Waals surface area contributed by atoms with Gasteiger partial charge in [0.25, 0.3) is 0 Å². The molecule has 18 heavy (non-hydrogen) atoms. The summed E-state index contributed by atoms with van der Waals surface area (Å²) in [5, 5.41) is 3.31. The first kappa shape index (κ1) is 13.4. The molecule has 1 N–H and O–H groups in total. The minimum absolute atomic E-state index is 0.0373. The maximum atomic E-state index is 12.9. The lowest BCUT2D eigenvalue weighted by molar-refractivity contribution is -0.122. The molecular weight excluding hydrogens is 235 g/mol. The van der Waals surface area contributed by atoms with Crippen LogP contribution in [0.25, 0.3) is 0 Å². The Balaban J connectivity index is 1.75. The van der Waals surface area contributed by atoms with Gasteiger partial charge < -0.3 is 14.8 Å². The highest BCUT2D eigenvalue weighted by Crippen LogP contribution is 2.15. The number of rotatable bonds is 4. The SMILES string of the molecule is CC1(C)CNCC(COCc2cncc(F)c2)O1. The van der Waals surface area contributed by atoms with Gasteiger partial charge in [-0.05, 0) is 25.5 Å². The maximum Gasteiger partial charge on any atom is 0.141 e. The van der Waals surface area contributed by atoms with Crippen molar-refractivity contribution in [3.8, 4) is 0 Å². The topological polar surface area (TPSA) is 43.4 Å². The van der Waals surface area contributed by atoms with E-state index in [1.807, 2.05) is 13.8 Å². The number of nitrogens with one attached hydrogen (secondary N) is 1. The minimum Gasteiger partial charge on any atom is -0.374 e. The average Bonchev–Trinajstić information content (AvgIpc) is 2.28. The summed E-state index contributed by atoms with van der Waals surface area (Å²) in [6, 6.07) is 1.43. The Labute approximate surface area is 107 Å². The molecule has 1 aromatic rings.